The highest BCUT2D eigenvalue weighted by molar-refractivity contribution is 8.18. The molecule has 0 aromatic heterocycles. The van der Waals surface area contributed by atoms with Gasteiger partial charge < -0.3 is 14.2 Å². The van der Waals surface area contributed by atoms with Crippen LogP contribution in [0, 0.1) is 13.8 Å². The summed E-state index contributed by atoms with van der Waals surface area (Å²) in [4.78, 5) is 31.7. The molecule has 3 rings (SSSR count). The number of carbonyl (C=O) groups excluding carboxylic acids is 2. The van der Waals surface area contributed by atoms with Gasteiger partial charge in [0.1, 0.15) is 0 Å². The van der Waals surface area contributed by atoms with E-state index < -0.39 is 5.97 Å². The molecule has 7 nitrogen and oxygen atoms in total. The number of ether oxygens (including phenoxy) is 3. The fraction of sp³-hybridized carbons (Fsp3) is 0.346. The average Bonchev–Trinajstić information content (AvgIpc) is 3.10. The number of likely N-dealkylation sites (N-methyl/N-ethyl adjacent to an activating group) is 1. The van der Waals surface area contributed by atoms with Crippen molar-refractivity contribution in [3.8, 4) is 11.5 Å². The lowest BCUT2D eigenvalue weighted by atomic mass is 10.1. The zero-order valence-corrected chi connectivity index (χ0v) is 21.0. The Morgan fingerprint density at radius 2 is 1.82 bits per heavy atom. The first-order chi connectivity index (χ1) is 16.4. The van der Waals surface area contributed by atoms with Crippen LogP contribution in [-0.4, -0.2) is 48.3 Å². The van der Waals surface area contributed by atoms with E-state index in [1.807, 2.05) is 58.0 Å². The van der Waals surface area contributed by atoms with E-state index in [0.717, 1.165) is 22.4 Å². The van der Waals surface area contributed by atoms with Crippen molar-refractivity contribution in [1.82, 2.24) is 4.90 Å². The number of amides is 1. The summed E-state index contributed by atoms with van der Waals surface area (Å²) >= 11 is 1.35. The minimum absolute atomic E-state index is 0.0860. The first-order valence-corrected chi connectivity index (χ1v) is 12.1. The lowest BCUT2D eigenvalue weighted by molar-refractivity contribution is -0.145. The molecule has 0 radical (unpaired) electrons. The van der Waals surface area contributed by atoms with Gasteiger partial charge in [-0.2, -0.15) is 0 Å². The maximum Gasteiger partial charge on any atom is 0.344 e. The molecule has 1 saturated heterocycles. The van der Waals surface area contributed by atoms with Crippen molar-refractivity contribution in [2.24, 2.45) is 4.99 Å². The van der Waals surface area contributed by atoms with Crippen molar-refractivity contribution >= 4 is 40.6 Å². The van der Waals surface area contributed by atoms with Crippen LogP contribution in [0.3, 0.4) is 0 Å². The molecule has 1 heterocycles. The predicted molar refractivity (Wildman–Crippen MR) is 136 cm³/mol. The molecule has 2 aromatic carbocycles. The largest absolute Gasteiger partial charge is 0.490 e. The summed E-state index contributed by atoms with van der Waals surface area (Å²) in [6.07, 6.45) is 1.82. The predicted octanol–water partition coefficient (Wildman–Crippen LogP) is 5.27. The number of esters is 1. The number of hydrogen-bond donors (Lipinski definition) is 0. The minimum atomic E-state index is -0.445. The lowest BCUT2D eigenvalue weighted by Crippen LogP contribution is -2.28. The summed E-state index contributed by atoms with van der Waals surface area (Å²) in [5.41, 5.74) is 3.81. The fourth-order valence-electron chi connectivity index (χ4n) is 3.31. The molecule has 34 heavy (non-hydrogen) atoms. The Kier molecular flexibility index (Phi) is 8.76. The third kappa shape index (κ3) is 6.20. The molecular formula is C26H30N2O5S. The zero-order valence-electron chi connectivity index (χ0n) is 20.2. The smallest absolute Gasteiger partial charge is 0.344 e. The summed E-state index contributed by atoms with van der Waals surface area (Å²) < 4.78 is 16.2. The van der Waals surface area contributed by atoms with Gasteiger partial charge >= 0.3 is 5.97 Å². The van der Waals surface area contributed by atoms with E-state index in [1.54, 1.807) is 24.0 Å². The third-order valence-corrected chi connectivity index (χ3v) is 6.01. The molecule has 0 saturated carbocycles. The van der Waals surface area contributed by atoms with Gasteiger partial charge in [-0.25, -0.2) is 9.79 Å². The molecule has 0 spiro atoms. The van der Waals surface area contributed by atoms with Gasteiger partial charge in [-0.15, -0.1) is 0 Å². The van der Waals surface area contributed by atoms with Crippen LogP contribution >= 0.6 is 11.8 Å². The number of carbonyl (C=O) groups is 2. The summed E-state index contributed by atoms with van der Waals surface area (Å²) in [6.45, 7) is 10.6. The molecule has 1 aliphatic heterocycles. The van der Waals surface area contributed by atoms with E-state index in [9.17, 15) is 9.59 Å². The van der Waals surface area contributed by atoms with Gasteiger partial charge in [0, 0.05) is 6.54 Å². The van der Waals surface area contributed by atoms with Gasteiger partial charge in [0.2, 0.25) is 0 Å². The van der Waals surface area contributed by atoms with Gasteiger partial charge in [-0.1, -0.05) is 18.2 Å². The van der Waals surface area contributed by atoms with E-state index in [1.165, 1.54) is 11.8 Å². The van der Waals surface area contributed by atoms with Crippen molar-refractivity contribution in [2.45, 2.75) is 34.6 Å². The van der Waals surface area contributed by atoms with Crippen molar-refractivity contribution in [3.05, 3.63) is 58.0 Å². The minimum Gasteiger partial charge on any atom is -0.490 e. The number of hydrogen-bond acceptors (Lipinski definition) is 7. The zero-order chi connectivity index (χ0) is 24.7. The van der Waals surface area contributed by atoms with Crippen LogP contribution in [0.15, 0.2) is 46.3 Å². The highest BCUT2D eigenvalue weighted by Crippen LogP contribution is 2.36. The second-order valence-electron chi connectivity index (χ2n) is 7.58. The van der Waals surface area contributed by atoms with Crippen molar-refractivity contribution in [2.75, 3.05) is 26.4 Å². The van der Waals surface area contributed by atoms with Gasteiger partial charge in [0.05, 0.1) is 23.8 Å². The standard InChI is InChI=1S/C26H30N2O5S/c1-6-28-25(30)23(34-26(28)27-20-13-17(4)9-10-18(20)5)15-19-11-12-21(22(14-19)31-7-2)33-16-24(29)32-8-3/h9-15H,6-8,16H2,1-5H3/b23-15+,27-26?. The number of amidine groups is 1. The number of benzene rings is 2. The van der Waals surface area contributed by atoms with Crippen molar-refractivity contribution in [1.29, 1.82) is 0 Å². The molecule has 0 bridgehead atoms. The van der Waals surface area contributed by atoms with Crippen LogP contribution in [-0.2, 0) is 14.3 Å². The summed E-state index contributed by atoms with van der Waals surface area (Å²) in [7, 11) is 0. The van der Waals surface area contributed by atoms with Crippen LogP contribution < -0.4 is 9.47 Å². The number of rotatable bonds is 9. The number of aliphatic imine (C=N–C) groups is 1. The Morgan fingerprint density at radius 3 is 2.53 bits per heavy atom. The van der Waals surface area contributed by atoms with Crippen LogP contribution in [0.2, 0.25) is 0 Å². The molecular weight excluding hydrogens is 452 g/mol. The highest BCUT2D eigenvalue weighted by Gasteiger charge is 2.32. The molecule has 0 aliphatic carbocycles. The highest BCUT2D eigenvalue weighted by atomic mass is 32.2. The van der Waals surface area contributed by atoms with Crippen LogP contribution in [0.4, 0.5) is 5.69 Å². The van der Waals surface area contributed by atoms with Gasteiger partial charge in [-0.3, -0.25) is 9.69 Å². The Balaban J connectivity index is 1.87. The maximum atomic E-state index is 13.1. The summed E-state index contributed by atoms with van der Waals surface area (Å²) in [5.74, 6) is 0.402. The van der Waals surface area contributed by atoms with Crippen LogP contribution in [0.5, 0.6) is 11.5 Å². The van der Waals surface area contributed by atoms with E-state index in [4.69, 9.17) is 19.2 Å². The van der Waals surface area contributed by atoms with E-state index in [2.05, 4.69) is 0 Å². The van der Waals surface area contributed by atoms with Crippen LogP contribution in [0.25, 0.3) is 6.08 Å². The molecule has 8 heteroatoms. The Bertz CT molecular complexity index is 1130. The first kappa shape index (κ1) is 25.4. The number of thioether (sulfide) groups is 1. The second-order valence-corrected chi connectivity index (χ2v) is 8.59. The van der Waals surface area contributed by atoms with E-state index >= 15 is 0 Å². The maximum absolute atomic E-state index is 13.1. The molecule has 1 aliphatic rings. The first-order valence-electron chi connectivity index (χ1n) is 11.3. The van der Waals surface area contributed by atoms with Gasteiger partial charge in [0.15, 0.2) is 23.3 Å². The van der Waals surface area contributed by atoms with Crippen molar-refractivity contribution in [3.63, 3.8) is 0 Å². The molecule has 0 unspecified atom stereocenters. The van der Waals surface area contributed by atoms with Gasteiger partial charge in [0.25, 0.3) is 5.91 Å². The summed E-state index contributed by atoms with van der Waals surface area (Å²) in [5, 5.41) is 0.659. The fourth-order valence-corrected chi connectivity index (χ4v) is 4.36. The molecule has 0 N–H and O–H groups in total. The Morgan fingerprint density at radius 1 is 1.03 bits per heavy atom. The van der Waals surface area contributed by atoms with Crippen molar-refractivity contribution < 1.29 is 23.8 Å². The topological polar surface area (TPSA) is 77.4 Å². The second kappa shape index (κ2) is 11.7. The number of nitrogens with zero attached hydrogens (tertiary/aromatic N) is 2. The monoisotopic (exact) mass is 482 g/mol. The molecule has 180 valence electrons. The SMILES string of the molecule is CCOC(=O)COc1ccc(/C=C2/SC(=Nc3cc(C)ccc3C)N(CC)C2=O)cc1OCC. The van der Waals surface area contributed by atoms with Gasteiger partial charge in [-0.05, 0) is 87.3 Å². The average molecular weight is 483 g/mol. The Hall–Kier alpha value is -3.26. The number of aryl methyl sites for hydroxylation is 2. The lowest BCUT2D eigenvalue weighted by Gasteiger charge is -2.13. The van der Waals surface area contributed by atoms with Crippen LogP contribution in [0.1, 0.15) is 37.5 Å². The quantitative estimate of drug-likeness (QED) is 0.358. The normalized spacial score (nSPS) is 15.8. The molecule has 2 aromatic rings. The Labute approximate surface area is 204 Å². The van der Waals surface area contributed by atoms with E-state index in [0.29, 0.717) is 41.3 Å². The molecule has 0 atom stereocenters. The summed E-state index contributed by atoms with van der Waals surface area (Å²) in [6, 6.07) is 11.4. The molecule has 1 fully saturated rings. The van der Waals surface area contributed by atoms with E-state index in [-0.39, 0.29) is 12.5 Å². The third-order valence-electron chi connectivity index (χ3n) is 5.00. The molecule has 1 amide bonds.